The van der Waals surface area contributed by atoms with Gasteiger partial charge in [0.15, 0.2) is 0 Å². The molecular weight excluding hydrogens is 336 g/mol. The Kier molecular flexibility index (Phi) is 8.60. The largest absolute Gasteiger partial charge is 0.491 e. The number of rotatable bonds is 10. The Morgan fingerprint density at radius 3 is 2.38 bits per heavy atom. The molecule has 1 rings (SSSR count). The zero-order valence-corrected chi connectivity index (χ0v) is 14.4. The first kappa shape index (κ1) is 20.8. The van der Waals surface area contributed by atoms with Crippen LogP contribution >= 0.6 is 12.6 Å². The Hall–Kier alpha value is -1.23. The molecule has 1 aromatic rings. The fourth-order valence-electron chi connectivity index (χ4n) is 2.10. The summed E-state index contributed by atoms with van der Waals surface area (Å²) in [6.45, 7) is -0.343. The molecule has 7 N–H and O–H groups in total. The van der Waals surface area contributed by atoms with E-state index in [0.717, 1.165) is 0 Å². The van der Waals surface area contributed by atoms with Gasteiger partial charge in [0, 0.05) is 31.1 Å². The minimum absolute atomic E-state index is 0.0215. The predicted molar refractivity (Wildman–Crippen MR) is 94.6 cm³/mol. The van der Waals surface area contributed by atoms with Crippen LogP contribution in [-0.2, 0) is 0 Å². The molecule has 8 nitrogen and oxygen atoms in total. The number of hydrogen-bond acceptors (Lipinski definition) is 9. The summed E-state index contributed by atoms with van der Waals surface area (Å²) in [5.74, 6) is 1.02. The molecular formula is C15H26N2O6S. The van der Waals surface area contributed by atoms with Gasteiger partial charge in [0.05, 0.1) is 25.0 Å². The molecule has 0 aliphatic rings. The van der Waals surface area contributed by atoms with Crippen molar-refractivity contribution in [3.63, 3.8) is 0 Å². The number of aliphatic hydroxyl groups excluding tert-OH is 5. The molecule has 0 saturated heterocycles. The maximum absolute atomic E-state index is 10.0. The van der Waals surface area contributed by atoms with E-state index in [1.165, 1.54) is 0 Å². The first-order chi connectivity index (χ1) is 11.3. The summed E-state index contributed by atoms with van der Waals surface area (Å²) in [6, 6.07) is 5.07. The van der Waals surface area contributed by atoms with Crippen LogP contribution in [0.2, 0.25) is 0 Å². The SMILES string of the molecule is CN(CC(O)C(O)C(O)C(O)CO)c1ccc(N)c(OCCS)c1. The van der Waals surface area contributed by atoms with Gasteiger partial charge in [-0.1, -0.05) is 0 Å². The van der Waals surface area contributed by atoms with Crippen molar-refractivity contribution in [2.75, 3.05) is 43.2 Å². The van der Waals surface area contributed by atoms with Gasteiger partial charge in [-0.2, -0.15) is 12.6 Å². The third kappa shape index (κ3) is 5.69. The van der Waals surface area contributed by atoms with Crippen LogP contribution in [0.3, 0.4) is 0 Å². The summed E-state index contributed by atoms with van der Waals surface area (Å²) in [6.07, 6.45) is -6.13. The molecule has 9 heteroatoms. The summed E-state index contributed by atoms with van der Waals surface area (Å²) in [4.78, 5) is 1.64. The van der Waals surface area contributed by atoms with Crippen LogP contribution in [0.25, 0.3) is 0 Å². The van der Waals surface area contributed by atoms with Gasteiger partial charge < -0.3 is 40.9 Å². The third-order valence-corrected chi connectivity index (χ3v) is 3.76. The van der Waals surface area contributed by atoms with E-state index in [9.17, 15) is 20.4 Å². The second-order valence-corrected chi connectivity index (χ2v) is 5.92. The van der Waals surface area contributed by atoms with E-state index < -0.39 is 31.0 Å². The second-order valence-electron chi connectivity index (χ2n) is 5.47. The molecule has 0 amide bonds. The first-order valence-corrected chi connectivity index (χ1v) is 8.12. The summed E-state index contributed by atoms with van der Waals surface area (Å²) < 4.78 is 5.47. The van der Waals surface area contributed by atoms with E-state index in [4.69, 9.17) is 15.6 Å². The van der Waals surface area contributed by atoms with Gasteiger partial charge in [0.25, 0.3) is 0 Å². The number of benzene rings is 1. The van der Waals surface area contributed by atoms with E-state index in [1.54, 1.807) is 30.1 Å². The molecule has 0 aliphatic carbocycles. The van der Waals surface area contributed by atoms with Crippen LogP contribution in [0.4, 0.5) is 11.4 Å². The molecule has 0 heterocycles. The fraction of sp³-hybridized carbons (Fsp3) is 0.600. The molecule has 4 unspecified atom stereocenters. The predicted octanol–water partition coefficient (Wildman–Crippen LogP) is -1.55. The van der Waals surface area contributed by atoms with Gasteiger partial charge in [-0.15, -0.1) is 0 Å². The Morgan fingerprint density at radius 1 is 1.17 bits per heavy atom. The molecule has 4 atom stereocenters. The quantitative estimate of drug-likeness (QED) is 0.196. The second kappa shape index (κ2) is 9.92. The Balaban J connectivity index is 2.74. The van der Waals surface area contributed by atoms with Crippen LogP contribution in [0.5, 0.6) is 5.75 Å². The lowest BCUT2D eigenvalue weighted by molar-refractivity contribution is -0.112. The Labute approximate surface area is 146 Å². The Morgan fingerprint density at radius 2 is 1.79 bits per heavy atom. The zero-order chi connectivity index (χ0) is 18.3. The average molecular weight is 362 g/mol. The van der Waals surface area contributed by atoms with E-state index in [2.05, 4.69) is 12.6 Å². The monoisotopic (exact) mass is 362 g/mol. The lowest BCUT2D eigenvalue weighted by atomic mass is 10.0. The zero-order valence-electron chi connectivity index (χ0n) is 13.5. The number of anilines is 2. The van der Waals surface area contributed by atoms with E-state index in [1.807, 2.05) is 0 Å². The van der Waals surface area contributed by atoms with Gasteiger partial charge >= 0.3 is 0 Å². The molecule has 0 aliphatic heterocycles. The number of hydrogen-bond donors (Lipinski definition) is 7. The molecule has 1 aromatic carbocycles. The van der Waals surface area contributed by atoms with Crippen LogP contribution in [0.1, 0.15) is 0 Å². The minimum Gasteiger partial charge on any atom is -0.491 e. The highest BCUT2D eigenvalue weighted by atomic mass is 32.1. The van der Waals surface area contributed by atoms with Crippen molar-refractivity contribution < 1.29 is 30.3 Å². The van der Waals surface area contributed by atoms with Crippen LogP contribution in [0, 0.1) is 0 Å². The third-order valence-electron chi connectivity index (χ3n) is 3.57. The number of nitrogen functional groups attached to an aromatic ring is 1. The minimum atomic E-state index is -1.65. The number of aliphatic hydroxyl groups is 5. The van der Waals surface area contributed by atoms with Gasteiger partial charge in [-0.25, -0.2) is 0 Å². The summed E-state index contributed by atoms with van der Waals surface area (Å²) >= 11 is 4.06. The number of thiol groups is 1. The molecule has 0 radical (unpaired) electrons. The number of likely N-dealkylation sites (N-methyl/N-ethyl adjacent to an activating group) is 1. The van der Waals surface area contributed by atoms with Gasteiger partial charge in [0.1, 0.15) is 24.1 Å². The molecule has 138 valence electrons. The molecule has 0 aromatic heterocycles. The molecule has 0 bridgehead atoms. The topological polar surface area (TPSA) is 140 Å². The smallest absolute Gasteiger partial charge is 0.144 e. The molecule has 24 heavy (non-hydrogen) atoms. The van der Waals surface area contributed by atoms with Gasteiger partial charge in [-0.3, -0.25) is 0 Å². The molecule has 0 fully saturated rings. The first-order valence-electron chi connectivity index (χ1n) is 7.49. The fourth-order valence-corrected chi connectivity index (χ4v) is 2.19. The van der Waals surface area contributed by atoms with Crippen molar-refractivity contribution >= 4 is 24.0 Å². The maximum Gasteiger partial charge on any atom is 0.144 e. The van der Waals surface area contributed by atoms with Crippen molar-refractivity contribution in [3.8, 4) is 5.75 Å². The summed E-state index contributed by atoms with van der Waals surface area (Å²) in [5, 5.41) is 47.6. The highest BCUT2D eigenvalue weighted by molar-refractivity contribution is 7.80. The van der Waals surface area contributed by atoms with Crippen LogP contribution in [0.15, 0.2) is 18.2 Å². The van der Waals surface area contributed by atoms with Crippen molar-refractivity contribution in [3.05, 3.63) is 18.2 Å². The highest BCUT2D eigenvalue weighted by Gasteiger charge is 2.30. The summed E-state index contributed by atoms with van der Waals surface area (Å²) in [7, 11) is 1.68. The van der Waals surface area contributed by atoms with Gasteiger partial charge in [0.2, 0.25) is 0 Å². The average Bonchev–Trinajstić information content (AvgIpc) is 2.58. The molecule has 0 saturated carbocycles. The van der Waals surface area contributed by atoms with Crippen LogP contribution in [-0.4, -0.2) is 82.5 Å². The van der Waals surface area contributed by atoms with Crippen molar-refractivity contribution in [1.29, 1.82) is 0 Å². The van der Waals surface area contributed by atoms with E-state index in [-0.39, 0.29) is 6.54 Å². The van der Waals surface area contributed by atoms with E-state index >= 15 is 0 Å². The standard InChI is InChI=1S/C15H26N2O6S/c1-17(7-11(19)14(21)15(22)12(20)8-18)9-2-3-10(16)13(6-9)23-4-5-24/h2-3,6,11-12,14-15,18-22,24H,4-5,7-8,16H2,1H3. The lowest BCUT2D eigenvalue weighted by Gasteiger charge is -2.29. The van der Waals surface area contributed by atoms with Crippen molar-refractivity contribution in [2.24, 2.45) is 0 Å². The lowest BCUT2D eigenvalue weighted by Crippen LogP contribution is -2.49. The number of ether oxygens (including phenoxy) is 1. The maximum atomic E-state index is 10.0. The van der Waals surface area contributed by atoms with Gasteiger partial charge in [-0.05, 0) is 12.1 Å². The highest BCUT2D eigenvalue weighted by Crippen LogP contribution is 2.27. The van der Waals surface area contributed by atoms with Crippen molar-refractivity contribution in [1.82, 2.24) is 0 Å². The number of nitrogens with zero attached hydrogens (tertiary/aromatic N) is 1. The van der Waals surface area contributed by atoms with Crippen molar-refractivity contribution in [2.45, 2.75) is 24.4 Å². The summed E-state index contributed by atoms with van der Waals surface area (Å²) in [5.41, 5.74) is 6.98. The normalized spacial score (nSPS) is 16.3. The Bertz CT molecular complexity index is 507. The molecule has 0 spiro atoms. The number of nitrogens with two attached hydrogens (primary N) is 1. The van der Waals surface area contributed by atoms with E-state index in [0.29, 0.717) is 29.5 Å². The van der Waals surface area contributed by atoms with Crippen LogP contribution < -0.4 is 15.4 Å².